The molecule has 1 heterocycles. The Balaban J connectivity index is 2.28. The molecular weight excluding hydrogens is 272 g/mol. The van der Waals surface area contributed by atoms with Crippen LogP contribution in [-0.2, 0) is 0 Å². The van der Waals surface area contributed by atoms with Gasteiger partial charge in [0.25, 0.3) is 11.6 Å². The lowest BCUT2D eigenvalue weighted by atomic mass is 9.95. The second kappa shape index (κ2) is 6.09. The zero-order chi connectivity index (χ0) is 15.6. The lowest BCUT2D eigenvalue weighted by Gasteiger charge is -2.18. The molecule has 1 aromatic rings. The summed E-state index contributed by atoms with van der Waals surface area (Å²) in [6, 6.07) is 4.22. The number of nitrogens with zero attached hydrogens (tertiary/aromatic N) is 2. The van der Waals surface area contributed by atoms with Crippen LogP contribution in [-0.4, -0.2) is 28.8 Å². The Kier molecular flexibility index (Phi) is 4.42. The first kappa shape index (κ1) is 15.2. The van der Waals surface area contributed by atoms with Crippen LogP contribution in [0.2, 0.25) is 0 Å². The van der Waals surface area contributed by atoms with Crippen molar-refractivity contribution in [2.75, 3.05) is 18.5 Å². The summed E-state index contributed by atoms with van der Waals surface area (Å²) in [4.78, 5) is 24.8. The number of benzene rings is 1. The number of rotatable bonds is 4. The molecule has 3 N–H and O–H groups in total. The van der Waals surface area contributed by atoms with E-state index >= 15 is 0 Å². The predicted octanol–water partition coefficient (Wildman–Crippen LogP) is 2.00. The third-order valence-electron chi connectivity index (χ3n) is 4.05. The van der Waals surface area contributed by atoms with Gasteiger partial charge in [0.1, 0.15) is 5.56 Å². The Morgan fingerprint density at radius 3 is 2.76 bits per heavy atom. The van der Waals surface area contributed by atoms with Crippen LogP contribution in [0, 0.1) is 22.0 Å². The van der Waals surface area contributed by atoms with Crippen molar-refractivity contribution in [2.24, 2.45) is 17.7 Å². The van der Waals surface area contributed by atoms with Crippen molar-refractivity contribution in [1.29, 1.82) is 0 Å². The van der Waals surface area contributed by atoms with E-state index in [9.17, 15) is 14.9 Å². The number of hydrazine groups is 1. The molecule has 0 aromatic heterocycles. The van der Waals surface area contributed by atoms with E-state index in [0.717, 1.165) is 6.42 Å². The van der Waals surface area contributed by atoms with Gasteiger partial charge in [0.05, 0.1) is 4.92 Å². The summed E-state index contributed by atoms with van der Waals surface area (Å²) < 4.78 is 0. The molecule has 7 heteroatoms. The highest BCUT2D eigenvalue weighted by molar-refractivity contribution is 5.99. The van der Waals surface area contributed by atoms with Crippen molar-refractivity contribution in [3.63, 3.8) is 0 Å². The Bertz CT molecular complexity index is 559. The van der Waals surface area contributed by atoms with Crippen LogP contribution in [0.15, 0.2) is 18.2 Å². The number of nitrogen functional groups attached to an aromatic ring is 1. The van der Waals surface area contributed by atoms with Crippen molar-refractivity contribution < 1.29 is 9.72 Å². The molecule has 0 saturated carbocycles. The third-order valence-corrected chi connectivity index (χ3v) is 4.05. The van der Waals surface area contributed by atoms with E-state index in [0.29, 0.717) is 30.6 Å². The van der Waals surface area contributed by atoms with E-state index < -0.39 is 4.92 Å². The van der Waals surface area contributed by atoms with Gasteiger partial charge >= 0.3 is 0 Å². The summed E-state index contributed by atoms with van der Waals surface area (Å²) >= 11 is 0. The highest BCUT2D eigenvalue weighted by atomic mass is 16.6. The summed E-state index contributed by atoms with van der Waals surface area (Å²) in [5.74, 6) is 5.95. The van der Waals surface area contributed by atoms with E-state index in [1.165, 1.54) is 18.2 Å². The molecule has 1 amide bonds. The van der Waals surface area contributed by atoms with Crippen LogP contribution in [0.3, 0.4) is 0 Å². The molecule has 1 aromatic carbocycles. The summed E-state index contributed by atoms with van der Waals surface area (Å²) in [5, 5.41) is 11.1. The number of amides is 1. The van der Waals surface area contributed by atoms with Crippen LogP contribution in [0.4, 0.5) is 11.4 Å². The fourth-order valence-corrected chi connectivity index (χ4v) is 2.64. The lowest BCUT2D eigenvalue weighted by molar-refractivity contribution is -0.385. The van der Waals surface area contributed by atoms with E-state index in [1.54, 1.807) is 4.90 Å². The lowest BCUT2D eigenvalue weighted by Crippen LogP contribution is -2.30. The fraction of sp³-hybridized carbons (Fsp3) is 0.500. The van der Waals surface area contributed by atoms with Gasteiger partial charge in [0.15, 0.2) is 0 Å². The second-order valence-corrected chi connectivity index (χ2v) is 5.68. The molecule has 2 rings (SSSR count). The molecule has 0 bridgehead atoms. The summed E-state index contributed by atoms with van der Waals surface area (Å²) in [7, 11) is 0. The average Bonchev–Trinajstić information content (AvgIpc) is 2.95. The van der Waals surface area contributed by atoms with E-state index in [-0.39, 0.29) is 17.2 Å². The van der Waals surface area contributed by atoms with Gasteiger partial charge in [0.2, 0.25) is 0 Å². The van der Waals surface area contributed by atoms with Crippen molar-refractivity contribution in [3.05, 3.63) is 33.9 Å². The smallest absolute Gasteiger partial charge is 0.282 e. The topological polar surface area (TPSA) is 102 Å². The predicted molar refractivity (Wildman–Crippen MR) is 79.8 cm³/mol. The Morgan fingerprint density at radius 1 is 1.52 bits per heavy atom. The number of anilines is 1. The molecule has 21 heavy (non-hydrogen) atoms. The molecule has 1 unspecified atom stereocenters. The minimum absolute atomic E-state index is 0.0832. The molecule has 1 aliphatic rings. The number of nitrogens with one attached hydrogen (secondary N) is 1. The molecule has 0 spiro atoms. The standard InChI is InChI=1S/C14H20N4O3/c1-9(2)10-5-6-17(8-10)14(19)12-7-11(16-15)3-4-13(12)18(20)21/h3-4,7,9-10,16H,5-6,8,15H2,1-2H3. The van der Waals surface area contributed by atoms with E-state index in [4.69, 9.17) is 5.84 Å². The maximum absolute atomic E-state index is 12.6. The van der Waals surface area contributed by atoms with E-state index in [1.807, 2.05) is 0 Å². The van der Waals surface area contributed by atoms with Crippen LogP contribution < -0.4 is 11.3 Å². The van der Waals surface area contributed by atoms with Crippen LogP contribution >= 0.6 is 0 Å². The molecular formula is C14H20N4O3. The van der Waals surface area contributed by atoms with Gasteiger partial charge in [-0.1, -0.05) is 13.8 Å². The monoisotopic (exact) mass is 292 g/mol. The second-order valence-electron chi connectivity index (χ2n) is 5.68. The van der Waals surface area contributed by atoms with Crippen molar-refractivity contribution in [2.45, 2.75) is 20.3 Å². The molecule has 7 nitrogen and oxygen atoms in total. The minimum Gasteiger partial charge on any atom is -0.338 e. The first-order chi connectivity index (χ1) is 9.93. The normalized spacial score (nSPS) is 18.1. The van der Waals surface area contributed by atoms with Gasteiger partial charge in [-0.3, -0.25) is 20.8 Å². The fourth-order valence-electron chi connectivity index (χ4n) is 2.64. The van der Waals surface area contributed by atoms with Gasteiger partial charge in [-0.15, -0.1) is 0 Å². The minimum atomic E-state index is -0.538. The van der Waals surface area contributed by atoms with Crippen LogP contribution in [0.1, 0.15) is 30.6 Å². The summed E-state index contributed by atoms with van der Waals surface area (Å²) in [5.41, 5.74) is 2.78. The maximum atomic E-state index is 12.6. The zero-order valence-electron chi connectivity index (χ0n) is 12.2. The highest BCUT2D eigenvalue weighted by Crippen LogP contribution is 2.28. The van der Waals surface area contributed by atoms with Gasteiger partial charge in [-0.05, 0) is 30.4 Å². The number of hydrogen-bond acceptors (Lipinski definition) is 5. The van der Waals surface area contributed by atoms with Crippen LogP contribution in [0.5, 0.6) is 0 Å². The SMILES string of the molecule is CC(C)C1CCN(C(=O)c2cc(NN)ccc2[N+](=O)[O-])C1. The quantitative estimate of drug-likeness (QED) is 0.502. The molecule has 1 saturated heterocycles. The number of likely N-dealkylation sites (tertiary alicyclic amines) is 1. The number of hydrogen-bond donors (Lipinski definition) is 2. The van der Waals surface area contributed by atoms with Crippen molar-refractivity contribution in [3.8, 4) is 0 Å². The Morgan fingerprint density at radius 2 is 2.24 bits per heavy atom. The first-order valence-corrected chi connectivity index (χ1v) is 6.98. The summed E-state index contributed by atoms with van der Waals surface area (Å²) in [6.45, 7) is 5.53. The van der Waals surface area contributed by atoms with E-state index in [2.05, 4.69) is 19.3 Å². The maximum Gasteiger partial charge on any atom is 0.282 e. The number of nitro benzene ring substituents is 1. The average molecular weight is 292 g/mol. The third kappa shape index (κ3) is 3.13. The number of nitrogens with two attached hydrogens (primary N) is 1. The highest BCUT2D eigenvalue weighted by Gasteiger charge is 2.31. The number of carbonyl (C=O) groups excluding carboxylic acids is 1. The molecule has 0 radical (unpaired) electrons. The Labute approximate surface area is 123 Å². The molecule has 1 atom stereocenters. The zero-order valence-corrected chi connectivity index (χ0v) is 12.2. The molecule has 1 fully saturated rings. The summed E-state index contributed by atoms with van der Waals surface area (Å²) in [6.07, 6.45) is 0.937. The van der Waals surface area contributed by atoms with Crippen LogP contribution in [0.25, 0.3) is 0 Å². The van der Waals surface area contributed by atoms with Crippen molar-refractivity contribution >= 4 is 17.3 Å². The molecule has 0 aliphatic carbocycles. The number of nitro groups is 1. The van der Waals surface area contributed by atoms with Gasteiger partial charge < -0.3 is 10.3 Å². The van der Waals surface area contributed by atoms with Gasteiger partial charge in [0, 0.05) is 24.8 Å². The van der Waals surface area contributed by atoms with Gasteiger partial charge in [-0.2, -0.15) is 0 Å². The largest absolute Gasteiger partial charge is 0.338 e. The number of carbonyl (C=O) groups is 1. The molecule has 1 aliphatic heterocycles. The first-order valence-electron chi connectivity index (χ1n) is 6.98. The Hall–Kier alpha value is -2.15. The van der Waals surface area contributed by atoms with Gasteiger partial charge in [-0.25, -0.2) is 0 Å². The molecule has 114 valence electrons. The van der Waals surface area contributed by atoms with Crippen molar-refractivity contribution in [1.82, 2.24) is 4.90 Å².